The molecule has 1 aliphatic rings. The summed E-state index contributed by atoms with van der Waals surface area (Å²) in [6.07, 6.45) is 10.9. The van der Waals surface area contributed by atoms with Crippen LogP contribution >= 0.6 is 0 Å². The molecule has 0 aliphatic heterocycles. The number of hydrogen-bond acceptors (Lipinski definition) is 4. The predicted octanol–water partition coefficient (Wildman–Crippen LogP) is 9.36. The van der Waals surface area contributed by atoms with Gasteiger partial charge < -0.3 is 5.73 Å². The number of nitrogen functional groups attached to an aromatic ring is 1. The fourth-order valence-corrected chi connectivity index (χ4v) is 4.99. The Morgan fingerprint density at radius 1 is 0.625 bits per heavy atom. The number of rotatable bonds is 6. The number of benzene rings is 4. The van der Waals surface area contributed by atoms with Gasteiger partial charge in [0, 0.05) is 22.7 Å². The maximum Gasteiger partial charge on any atom is 0.108 e. The van der Waals surface area contributed by atoms with Crippen molar-refractivity contribution in [1.29, 1.82) is 0 Å². The molecule has 6 rings (SSSR count). The Morgan fingerprint density at radius 3 is 2.10 bits per heavy atom. The maximum atomic E-state index is 11.2. The first-order chi connectivity index (χ1) is 19.7. The van der Waals surface area contributed by atoms with Gasteiger partial charge in [0.1, 0.15) is 5.69 Å². The van der Waals surface area contributed by atoms with Crippen LogP contribution in [0.2, 0.25) is 0 Å². The average Bonchev–Trinajstić information content (AvgIpc) is 3.28. The zero-order valence-corrected chi connectivity index (χ0v) is 21.8. The second kappa shape index (κ2) is 11.2. The summed E-state index contributed by atoms with van der Waals surface area (Å²) in [5.74, 6) is 0.141. The first-order valence-electron chi connectivity index (χ1n) is 13.2. The van der Waals surface area contributed by atoms with E-state index < -0.39 is 0 Å². The molecule has 192 valence electrons. The lowest BCUT2D eigenvalue weighted by Crippen LogP contribution is -1.94. The summed E-state index contributed by atoms with van der Waals surface area (Å²) >= 11 is 0. The Morgan fingerprint density at radius 2 is 1.32 bits per heavy atom. The molecule has 5 aromatic rings. The zero-order chi connectivity index (χ0) is 27.3. The number of nitroso groups, excluding NO2 is 1. The molecule has 1 heterocycles. The lowest BCUT2D eigenvalue weighted by Gasteiger charge is -2.12. The molecule has 1 unspecified atom stereocenters. The summed E-state index contributed by atoms with van der Waals surface area (Å²) in [5.41, 5.74) is 16.2. The standard InChI is InChI=1S/C36H27N3O/c37-33-16-6-14-30(21-33)35-23-32(24-36(38-35)31-15-7-17-34(22-31)39-40)27-11-4-10-26(18-19-27)29-13-5-12-28(20-29)25-8-2-1-3-9-25/h1-24,26H,37H2. The minimum Gasteiger partial charge on any atom is -0.399 e. The molecule has 0 radical (unpaired) electrons. The van der Waals surface area contributed by atoms with Crippen LogP contribution in [0.5, 0.6) is 0 Å². The van der Waals surface area contributed by atoms with Crippen molar-refractivity contribution in [3.05, 3.63) is 162 Å². The topological polar surface area (TPSA) is 68.3 Å². The summed E-state index contributed by atoms with van der Waals surface area (Å²) < 4.78 is 0. The molecule has 4 nitrogen and oxygen atoms in total. The SMILES string of the molecule is Nc1cccc(-c2cc(C3=CC=CC(c4cccc(-c5ccccc5)c4)C=C3)cc(-c3cccc(N=O)c3)n2)c1. The van der Waals surface area contributed by atoms with E-state index in [2.05, 4.69) is 96.2 Å². The van der Waals surface area contributed by atoms with Crippen LogP contribution < -0.4 is 5.73 Å². The molecule has 1 atom stereocenters. The minimum atomic E-state index is 0.141. The zero-order valence-electron chi connectivity index (χ0n) is 21.8. The average molecular weight is 518 g/mol. The van der Waals surface area contributed by atoms with Gasteiger partial charge in [0.2, 0.25) is 0 Å². The van der Waals surface area contributed by atoms with Crippen molar-refractivity contribution in [2.24, 2.45) is 5.18 Å². The minimum absolute atomic E-state index is 0.141. The second-order valence-electron chi connectivity index (χ2n) is 9.78. The quantitative estimate of drug-likeness (QED) is 0.180. The summed E-state index contributed by atoms with van der Waals surface area (Å²) in [7, 11) is 0. The van der Waals surface area contributed by atoms with Gasteiger partial charge in [-0.1, -0.05) is 109 Å². The fourth-order valence-electron chi connectivity index (χ4n) is 4.99. The van der Waals surface area contributed by atoms with Crippen molar-refractivity contribution < 1.29 is 0 Å². The van der Waals surface area contributed by atoms with E-state index in [0.29, 0.717) is 11.4 Å². The van der Waals surface area contributed by atoms with E-state index in [9.17, 15) is 4.91 Å². The van der Waals surface area contributed by atoms with Crippen LogP contribution in [0.15, 0.2) is 151 Å². The molecule has 2 N–H and O–H groups in total. The Labute approximate surface area is 233 Å². The molecule has 4 heteroatoms. The third-order valence-corrected chi connectivity index (χ3v) is 7.04. The third kappa shape index (κ3) is 5.42. The summed E-state index contributed by atoms with van der Waals surface area (Å²) in [5, 5.41) is 3.11. The maximum absolute atomic E-state index is 11.2. The number of pyridine rings is 1. The highest BCUT2D eigenvalue weighted by Gasteiger charge is 2.13. The van der Waals surface area contributed by atoms with Gasteiger partial charge in [-0.15, -0.1) is 4.91 Å². The van der Waals surface area contributed by atoms with E-state index in [1.807, 2.05) is 42.5 Å². The van der Waals surface area contributed by atoms with Gasteiger partial charge in [-0.25, -0.2) is 4.98 Å². The Kier molecular flexibility index (Phi) is 6.97. The number of anilines is 1. The Bertz CT molecular complexity index is 1780. The number of allylic oxidation sites excluding steroid dienone is 6. The largest absolute Gasteiger partial charge is 0.399 e. The highest BCUT2D eigenvalue weighted by molar-refractivity contribution is 5.82. The van der Waals surface area contributed by atoms with Gasteiger partial charge in [0.25, 0.3) is 0 Å². The lowest BCUT2D eigenvalue weighted by atomic mass is 9.94. The molecule has 1 aliphatic carbocycles. The molecule has 4 aromatic carbocycles. The molecule has 0 spiro atoms. The first-order valence-corrected chi connectivity index (χ1v) is 13.2. The van der Waals surface area contributed by atoms with Crippen molar-refractivity contribution in [3.63, 3.8) is 0 Å². The van der Waals surface area contributed by atoms with Crippen LogP contribution in [0, 0.1) is 4.91 Å². The van der Waals surface area contributed by atoms with Gasteiger partial charge >= 0.3 is 0 Å². The van der Waals surface area contributed by atoms with Crippen molar-refractivity contribution in [1.82, 2.24) is 4.98 Å². The number of hydrogen-bond donors (Lipinski definition) is 1. The van der Waals surface area contributed by atoms with Crippen molar-refractivity contribution in [2.75, 3.05) is 5.73 Å². The summed E-state index contributed by atoms with van der Waals surface area (Å²) in [6, 6.07) is 38.2. The molecule has 0 bridgehead atoms. The van der Waals surface area contributed by atoms with Gasteiger partial charge in [-0.05, 0) is 69.4 Å². The van der Waals surface area contributed by atoms with Gasteiger partial charge in [0.05, 0.1) is 11.4 Å². The fraction of sp³-hybridized carbons (Fsp3) is 0.0278. The van der Waals surface area contributed by atoms with Crippen LogP contribution in [0.1, 0.15) is 17.0 Å². The first kappa shape index (κ1) is 25.0. The van der Waals surface area contributed by atoms with Crippen LogP contribution in [0.3, 0.4) is 0 Å². The lowest BCUT2D eigenvalue weighted by molar-refractivity contribution is 1.09. The molecular formula is C36H27N3O. The van der Waals surface area contributed by atoms with E-state index >= 15 is 0 Å². The molecule has 40 heavy (non-hydrogen) atoms. The van der Waals surface area contributed by atoms with Crippen LogP contribution in [-0.2, 0) is 0 Å². The van der Waals surface area contributed by atoms with Crippen molar-refractivity contribution in [3.8, 4) is 33.6 Å². The smallest absolute Gasteiger partial charge is 0.108 e. The second-order valence-corrected chi connectivity index (χ2v) is 9.78. The highest BCUT2D eigenvalue weighted by atomic mass is 16.3. The van der Waals surface area contributed by atoms with Gasteiger partial charge in [0.15, 0.2) is 0 Å². The normalized spacial score (nSPS) is 14.4. The van der Waals surface area contributed by atoms with Crippen molar-refractivity contribution >= 4 is 16.9 Å². The van der Waals surface area contributed by atoms with Gasteiger partial charge in [-0.2, -0.15) is 0 Å². The molecule has 0 saturated carbocycles. The van der Waals surface area contributed by atoms with Crippen molar-refractivity contribution in [2.45, 2.75) is 5.92 Å². The Hall–Kier alpha value is -5.35. The van der Waals surface area contributed by atoms with E-state index in [1.165, 1.54) is 16.7 Å². The number of aromatic nitrogens is 1. The molecule has 0 saturated heterocycles. The van der Waals surface area contributed by atoms with E-state index in [0.717, 1.165) is 33.7 Å². The van der Waals surface area contributed by atoms with E-state index in [-0.39, 0.29) is 5.92 Å². The third-order valence-electron chi connectivity index (χ3n) is 7.04. The molecule has 1 aromatic heterocycles. The summed E-state index contributed by atoms with van der Waals surface area (Å²) in [4.78, 5) is 16.1. The van der Waals surface area contributed by atoms with Crippen LogP contribution in [0.25, 0.3) is 39.2 Å². The Balaban J connectivity index is 1.38. The number of nitrogens with zero attached hydrogens (tertiary/aromatic N) is 2. The molecule has 0 amide bonds. The van der Waals surface area contributed by atoms with Crippen LogP contribution in [0.4, 0.5) is 11.4 Å². The summed E-state index contributed by atoms with van der Waals surface area (Å²) in [6.45, 7) is 0. The highest BCUT2D eigenvalue weighted by Crippen LogP contribution is 2.33. The van der Waals surface area contributed by atoms with E-state index in [1.54, 1.807) is 12.1 Å². The number of nitrogens with two attached hydrogens (primary N) is 1. The monoisotopic (exact) mass is 517 g/mol. The molecule has 0 fully saturated rings. The van der Waals surface area contributed by atoms with E-state index in [4.69, 9.17) is 10.7 Å². The molecular weight excluding hydrogens is 490 g/mol. The van der Waals surface area contributed by atoms with Crippen LogP contribution in [-0.4, -0.2) is 4.98 Å². The van der Waals surface area contributed by atoms with Gasteiger partial charge in [-0.3, -0.25) is 0 Å². The predicted molar refractivity (Wildman–Crippen MR) is 166 cm³/mol.